The highest BCUT2D eigenvalue weighted by atomic mass is 16.5. The number of carbonyl (C=O) groups is 1. The van der Waals surface area contributed by atoms with Crippen LogP contribution in [0.3, 0.4) is 0 Å². The van der Waals surface area contributed by atoms with E-state index in [-0.39, 0.29) is 17.9 Å². The van der Waals surface area contributed by atoms with E-state index < -0.39 is 6.04 Å². The fraction of sp³-hybridized carbons (Fsp3) is 0.909. The molecular weight excluding hydrogens is 192 g/mol. The van der Waals surface area contributed by atoms with Crippen molar-refractivity contribution in [2.75, 3.05) is 13.7 Å². The Morgan fingerprint density at radius 3 is 2.13 bits per heavy atom. The van der Waals surface area contributed by atoms with Gasteiger partial charge in [-0.05, 0) is 11.8 Å². The highest BCUT2D eigenvalue weighted by Crippen LogP contribution is 2.04. The van der Waals surface area contributed by atoms with E-state index in [0.717, 1.165) is 0 Å². The van der Waals surface area contributed by atoms with Crippen molar-refractivity contribution in [1.29, 1.82) is 0 Å². The standard InChI is InChI=1S/C11H24N2O2/c1-7(2)9(15-5)6-13-11(14)10(12)8(3)4/h7-10H,6,12H2,1-5H3,(H,13,14)/t9?,10-/m0/s1. The lowest BCUT2D eigenvalue weighted by atomic mass is 10.0. The van der Waals surface area contributed by atoms with Crippen LogP contribution in [0.1, 0.15) is 27.7 Å². The monoisotopic (exact) mass is 216 g/mol. The van der Waals surface area contributed by atoms with E-state index in [0.29, 0.717) is 12.5 Å². The van der Waals surface area contributed by atoms with E-state index in [1.165, 1.54) is 0 Å². The van der Waals surface area contributed by atoms with E-state index in [9.17, 15) is 4.79 Å². The van der Waals surface area contributed by atoms with Crippen molar-refractivity contribution >= 4 is 5.91 Å². The van der Waals surface area contributed by atoms with Gasteiger partial charge in [-0.1, -0.05) is 27.7 Å². The summed E-state index contributed by atoms with van der Waals surface area (Å²) in [5.41, 5.74) is 5.71. The Morgan fingerprint density at radius 2 is 1.80 bits per heavy atom. The fourth-order valence-corrected chi connectivity index (χ4v) is 1.21. The number of carbonyl (C=O) groups excluding carboxylic acids is 1. The van der Waals surface area contributed by atoms with Crippen molar-refractivity contribution in [3.05, 3.63) is 0 Å². The number of hydrogen-bond donors (Lipinski definition) is 2. The minimum atomic E-state index is -0.435. The van der Waals surface area contributed by atoms with Crippen molar-refractivity contribution < 1.29 is 9.53 Å². The molecule has 0 fully saturated rings. The molecule has 1 amide bonds. The zero-order valence-corrected chi connectivity index (χ0v) is 10.4. The van der Waals surface area contributed by atoms with Crippen LogP contribution >= 0.6 is 0 Å². The molecule has 0 spiro atoms. The Balaban J connectivity index is 3.98. The lowest BCUT2D eigenvalue weighted by molar-refractivity contribution is -0.123. The molecule has 0 bridgehead atoms. The Morgan fingerprint density at radius 1 is 1.27 bits per heavy atom. The predicted molar refractivity (Wildman–Crippen MR) is 61.5 cm³/mol. The van der Waals surface area contributed by atoms with E-state index in [2.05, 4.69) is 19.2 Å². The third kappa shape index (κ3) is 5.14. The van der Waals surface area contributed by atoms with E-state index in [1.807, 2.05) is 13.8 Å². The first-order valence-corrected chi connectivity index (χ1v) is 5.46. The number of amides is 1. The first-order valence-electron chi connectivity index (χ1n) is 5.46. The van der Waals surface area contributed by atoms with E-state index >= 15 is 0 Å². The maximum Gasteiger partial charge on any atom is 0.237 e. The Bertz CT molecular complexity index is 193. The molecule has 3 N–H and O–H groups in total. The molecule has 90 valence electrons. The molecule has 0 aromatic carbocycles. The van der Waals surface area contributed by atoms with Gasteiger partial charge in [-0.3, -0.25) is 4.79 Å². The normalized spacial score (nSPS) is 15.5. The van der Waals surface area contributed by atoms with Crippen LogP contribution in [0.5, 0.6) is 0 Å². The van der Waals surface area contributed by atoms with Gasteiger partial charge < -0.3 is 15.8 Å². The molecule has 0 aromatic heterocycles. The molecule has 0 rings (SSSR count). The summed E-state index contributed by atoms with van der Waals surface area (Å²) in [4.78, 5) is 11.5. The molecule has 4 heteroatoms. The average Bonchev–Trinajstić information content (AvgIpc) is 2.16. The average molecular weight is 216 g/mol. The Hall–Kier alpha value is -0.610. The molecule has 0 saturated heterocycles. The summed E-state index contributed by atoms with van der Waals surface area (Å²) in [5, 5.41) is 2.81. The number of hydrogen-bond acceptors (Lipinski definition) is 3. The quantitative estimate of drug-likeness (QED) is 0.689. The Kier molecular flexibility index (Phi) is 6.52. The number of nitrogens with one attached hydrogen (secondary N) is 1. The van der Waals surface area contributed by atoms with Gasteiger partial charge in [0.1, 0.15) is 0 Å². The first-order chi connectivity index (χ1) is 6.90. The van der Waals surface area contributed by atoms with Gasteiger partial charge in [-0.2, -0.15) is 0 Å². The zero-order chi connectivity index (χ0) is 12.0. The molecule has 0 aliphatic carbocycles. The summed E-state index contributed by atoms with van der Waals surface area (Å²) in [6, 6.07) is -0.435. The molecule has 0 aliphatic heterocycles. The lowest BCUT2D eigenvalue weighted by Crippen LogP contribution is -2.47. The number of nitrogens with two attached hydrogens (primary N) is 1. The van der Waals surface area contributed by atoms with Gasteiger partial charge in [0.15, 0.2) is 0 Å². The molecule has 0 aromatic rings. The molecule has 15 heavy (non-hydrogen) atoms. The minimum absolute atomic E-state index is 0.0494. The van der Waals surface area contributed by atoms with E-state index in [1.54, 1.807) is 7.11 Å². The Labute approximate surface area is 92.6 Å². The lowest BCUT2D eigenvalue weighted by Gasteiger charge is -2.21. The van der Waals surface area contributed by atoms with E-state index in [4.69, 9.17) is 10.5 Å². The van der Waals surface area contributed by atoms with Crippen LogP contribution in [0.4, 0.5) is 0 Å². The fourth-order valence-electron chi connectivity index (χ4n) is 1.21. The van der Waals surface area contributed by atoms with Gasteiger partial charge in [0, 0.05) is 13.7 Å². The maximum absolute atomic E-state index is 11.5. The minimum Gasteiger partial charge on any atom is -0.379 e. The van der Waals surface area contributed by atoms with Crippen LogP contribution in [0.2, 0.25) is 0 Å². The third-order valence-electron chi connectivity index (χ3n) is 2.54. The van der Waals surface area contributed by atoms with Gasteiger partial charge >= 0.3 is 0 Å². The van der Waals surface area contributed by atoms with Gasteiger partial charge in [-0.15, -0.1) is 0 Å². The summed E-state index contributed by atoms with van der Waals surface area (Å²) < 4.78 is 5.25. The summed E-state index contributed by atoms with van der Waals surface area (Å²) in [7, 11) is 1.65. The molecule has 4 nitrogen and oxygen atoms in total. The van der Waals surface area contributed by atoms with Gasteiger partial charge in [0.2, 0.25) is 5.91 Å². The third-order valence-corrected chi connectivity index (χ3v) is 2.54. The van der Waals surface area contributed by atoms with Crippen molar-refractivity contribution in [3.8, 4) is 0 Å². The molecule has 1 unspecified atom stereocenters. The second-order valence-corrected chi connectivity index (χ2v) is 4.53. The van der Waals surface area contributed by atoms with Crippen LogP contribution in [0.25, 0.3) is 0 Å². The summed E-state index contributed by atoms with van der Waals surface area (Å²) in [6.45, 7) is 8.50. The SMILES string of the molecule is COC(CNC(=O)[C@@H](N)C(C)C)C(C)C. The van der Waals surface area contributed by atoms with Crippen LogP contribution < -0.4 is 11.1 Å². The highest BCUT2D eigenvalue weighted by molar-refractivity contribution is 5.81. The molecule has 0 aliphatic rings. The largest absolute Gasteiger partial charge is 0.379 e. The molecule has 2 atom stereocenters. The van der Waals surface area contributed by atoms with Crippen molar-refractivity contribution in [2.45, 2.75) is 39.8 Å². The molecular formula is C11H24N2O2. The summed E-state index contributed by atoms with van der Waals surface area (Å²) in [6.07, 6.45) is 0.0494. The van der Waals surface area contributed by atoms with Crippen LogP contribution in [0.15, 0.2) is 0 Å². The summed E-state index contributed by atoms with van der Waals surface area (Å²) in [5.74, 6) is 0.434. The van der Waals surface area contributed by atoms with Gasteiger partial charge in [-0.25, -0.2) is 0 Å². The first kappa shape index (κ1) is 14.4. The van der Waals surface area contributed by atoms with Gasteiger partial charge in [0.25, 0.3) is 0 Å². The molecule has 0 saturated carbocycles. The second kappa shape index (κ2) is 6.80. The number of ether oxygens (including phenoxy) is 1. The molecule has 0 radical (unpaired) electrons. The van der Waals surface area contributed by atoms with Gasteiger partial charge in [0.05, 0.1) is 12.1 Å². The zero-order valence-electron chi connectivity index (χ0n) is 10.4. The highest BCUT2D eigenvalue weighted by Gasteiger charge is 2.19. The molecule has 0 heterocycles. The number of rotatable bonds is 6. The van der Waals surface area contributed by atoms with Crippen LogP contribution in [0, 0.1) is 11.8 Å². The van der Waals surface area contributed by atoms with Crippen molar-refractivity contribution in [3.63, 3.8) is 0 Å². The van der Waals surface area contributed by atoms with Crippen LogP contribution in [-0.2, 0) is 9.53 Å². The van der Waals surface area contributed by atoms with Crippen molar-refractivity contribution in [2.24, 2.45) is 17.6 Å². The predicted octanol–water partition coefficient (Wildman–Crippen LogP) is 0.757. The van der Waals surface area contributed by atoms with Crippen LogP contribution in [-0.4, -0.2) is 31.7 Å². The smallest absolute Gasteiger partial charge is 0.237 e. The second-order valence-electron chi connectivity index (χ2n) is 4.53. The summed E-state index contributed by atoms with van der Waals surface area (Å²) >= 11 is 0. The maximum atomic E-state index is 11.5. The topological polar surface area (TPSA) is 64.3 Å². The number of methoxy groups -OCH3 is 1. The van der Waals surface area contributed by atoms with Crippen molar-refractivity contribution in [1.82, 2.24) is 5.32 Å².